The molecule has 0 aliphatic heterocycles. The van der Waals surface area contributed by atoms with Gasteiger partial charge in [0.1, 0.15) is 0 Å². The molecule has 0 aliphatic rings. The van der Waals surface area contributed by atoms with E-state index in [1.54, 1.807) is 12.1 Å². The van der Waals surface area contributed by atoms with E-state index in [2.05, 4.69) is 21.2 Å². The molecule has 0 saturated carbocycles. The predicted molar refractivity (Wildman–Crippen MR) is 86.6 cm³/mol. The summed E-state index contributed by atoms with van der Waals surface area (Å²) in [6.45, 7) is 0.271. The van der Waals surface area contributed by atoms with Gasteiger partial charge < -0.3 is 5.32 Å². The molecule has 0 aliphatic carbocycles. The second-order valence-electron chi connectivity index (χ2n) is 4.68. The van der Waals surface area contributed by atoms with Crippen LogP contribution in [0.5, 0.6) is 0 Å². The molecular weight excluding hydrogens is 356 g/mol. The van der Waals surface area contributed by atoms with E-state index in [1.165, 1.54) is 0 Å². The van der Waals surface area contributed by atoms with Gasteiger partial charge in [0.15, 0.2) is 0 Å². The second-order valence-corrected chi connectivity index (χ2v) is 7.33. The number of nitrogens with two attached hydrogens (primary N) is 1. The summed E-state index contributed by atoms with van der Waals surface area (Å²) < 4.78 is 22.5. The lowest BCUT2D eigenvalue weighted by Gasteiger charge is -2.06. The lowest BCUT2D eigenvalue weighted by Crippen LogP contribution is -2.27. The number of amides is 1. The van der Waals surface area contributed by atoms with Crippen molar-refractivity contribution in [3.05, 3.63) is 46.4 Å². The van der Waals surface area contributed by atoms with Crippen LogP contribution in [-0.4, -0.2) is 26.6 Å². The van der Waals surface area contributed by atoms with Crippen LogP contribution in [0.15, 0.2) is 40.9 Å². The van der Waals surface area contributed by atoms with Crippen LogP contribution >= 0.6 is 15.9 Å². The summed E-state index contributed by atoms with van der Waals surface area (Å²) >= 11 is 3.40. The number of carbonyl (C=O) groups is 1. The second kappa shape index (κ2) is 6.55. The molecule has 0 heterocycles. The van der Waals surface area contributed by atoms with Crippen molar-refractivity contribution in [1.29, 1.82) is 0 Å². The maximum absolute atomic E-state index is 12.0. The number of halogens is 1. The summed E-state index contributed by atoms with van der Waals surface area (Å²) in [5.41, 5.74) is 0.542. The Morgan fingerprint density at radius 1 is 1.14 bits per heavy atom. The molecule has 2 aromatic rings. The van der Waals surface area contributed by atoms with Gasteiger partial charge in [0.25, 0.3) is 5.91 Å². The zero-order valence-corrected chi connectivity index (χ0v) is 13.6. The van der Waals surface area contributed by atoms with Gasteiger partial charge in [0.2, 0.25) is 10.0 Å². The monoisotopic (exact) mass is 370 g/mol. The summed E-state index contributed by atoms with van der Waals surface area (Å²) in [6.07, 6.45) is 0.297. The van der Waals surface area contributed by atoms with Gasteiger partial charge in [-0.05, 0) is 41.5 Å². The predicted octanol–water partition coefficient (Wildman–Crippen LogP) is 2.01. The van der Waals surface area contributed by atoms with Gasteiger partial charge in [0.05, 0.1) is 5.75 Å². The Morgan fingerprint density at radius 3 is 2.52 bits per heavy atom. The highest BCUT2D eigenvalue weighted by Gasteiger charge is 2.07. The van der Waals surface area contributed by atoms with Crippen molar-refractivity contribution < 1.29 is 13.2 Å². The lowest BCUT2D eigenvalue weighted by molar-refractivity contribution is 0.0954. The van der Waals surface area contributed by atoms with E-state index in [0.29, 0.717) is 12.0 Å². The molecule has 0 aromatic heterocycles. The van der Waals surface area contributed by atoms with Gasteiger partial charge in [-0.2, -0.15) is 0 Å². The van der Waals surface area contributed by atoms with Crippen LogP contribution in [0.25, 0.3) is 10.8 Å². The molecule has 112 valence electrons. The van der Waals surface area contributed by atoms with Gasteiger partial charge in [-0.15, -0.1) is 0 Å². The standard InChI is InChI=1S/C14H15BrN2O3S/c15-13-5-4-10-8-12(3-2-11(10)9-13)14(18)17-6-1-7-21(16,19)20/h2-5,8-9H,1,6-7H2,(H,17,18)(H2,16,19,20). The minimum Gasteiger partial charge on any atom is -0.352 e. The number of benzene rings is 2. The van der Waals surface area contributed by atoms with Gasteiger partial charge in [-0.3, -0.25) is 4.79 Å². The molecule has 5 nitrogen and oxygen atoms in total. The van der Waals surface area contributed by atoms with Crippen molar-refractivity contribution in [3.8, 4) is 0 Å². The molecular formula is C14H15BrN2O3S. The minimum atomic E-state index is -3.48. The van der Waals surface area contributed by atoms with Crippen molar-refractivity contribution in [3.63, 3.8) is 0 Å². The summed E-state index contributed by atoms with van der Waals surface area (Å²) in [5, 5.41) is 9.58. The molecule has 1 amide bonds. The average molecular weight is 371 g/mol. The highest BCUT2D eigenvalue weighted by atomic mass is 79.9. The van der Waals surface area contributed by atoms with Crippen molar-refractivity contribution in [2.24, 2.45) is 5.14 Å². The first kappa shape index (κ1) is 15.9. The maximum Gasteiger partial charge on any atom is 0.251 e. The number of carbonyl (C=O) groups excluding carboxylic acids is 1. The summed E-state index contributed by atoms with van der Waals surface area (Å²) in [5.74, 6) is -0.367. The number of sulfonamides is 1. The number of fused-ring (bicyclic) bond motifs is 1. The third-order valence-electron chi connectivity index (χ3n) is 2.96. The first-order chi connectivity index (χ1) is 9.85. The van der Waals surface area contributed by atoms with E-state index >= 15 is 0 Å². The topological polar surface area (TPSA) is 89.3 Å². The van der Waals surface area contributed by atoms with Crippen LogP contribution in [-0.2, 0) is 10.0 Å². The normalized spacial score (nSPS) is 11.5. The van der Waals surface area contributed by atoms with E-state index in [4.69, 9.17) is 5.14 Å². The molecule has 0 saturated heterocycles. The Hall–Kier alpha value is -1.44. The third-order valence-corrected chi connectivity index (χ3v) is 4.31. The Labute approximate surface area is 131 Å². The van der Waals surface area contributed by atoms with Crippen molar-refractivity contribution in [2.75, 3.05) is 12.3 Å². The summed E-state index contributed by atoms with van der Waals surface area (Å²) in [6, 6.07) is 11.2. The van der Waals surface area contributed by atoms with E-state index in [9.17, 15) is 13.2 Å². The Balaban J connectivity index is 2.01. The first-order valence-corrected chi connectivity index (χ1v) is 8.84. The quantitative estimate of drug-likeness (QED) is 0.788. The fourth-order valence-corrected chi connectivity index (χ4v) is 2.86. The summed E-state index contributed by atoms with van der Waals surface area (Å²) in [4.78, 5) is 12.0. The molecule has 3 N–H and O–H groups in total. The van der Waals surface area contributed by atoms with Crippen LogP contribution in [0.4, 0.5) is 0 Å². The van der Waals surface area contributed by atoms with Gasteiger partial charge >= 0.3 is 0 Å². The van der Waals surface area contributed by atoms with Crippen LogP contribution in [0, 0.1) is 0 Å². The first-order valence-electron chi connectivity index (χ1n) is 6.33. The molecule has 7 heteroatoms. The van der Waals surface area contributed by atoms with E-state index < -0.39 is 10.0 Å². The highest BCUT2D eigenvalue weighted by Crippen LogP contribution is 2.20. The van der Waals surface area contributed by atoms with Crippen molar-refractivity contribution in [1.82, 2.24) is 5.32 Å². The summed E-state index contributed by atoms with van der Waals surface area (Å²) in [7, 11) is -3.48. The zero-order valence-electron chi connectivity index (χ0n) is 11.2. The van der Waals surface area contributed by atoms with Crippen molar-refractivity contribution >= 4 is 42.6 Å². The van der Waals surface area contributed by atoms with Crippen LogP contribution < -0.4 is 10.5 Å². The average Bonchev–Trinajstić information content (AvgIpc) is 2.41. The van der Waals surface area contributed by atoms with E-state index in [1.807, 2.05) is 24.3 Å². The fourth-order valence-electron chi connectivity index (χ4n) is 1.94. The van der Waals surface area contributed by atoms with E-state index in [0.717, 1.165) is 15.2 Å². The molecule has 2 rings (SSSR count). The number of hydrogen-bond acceptors (Lipinski definition) is 3. The Morgan fingerprint density at radius 2 is 1.81 bits per heavy atom. The molecule has 0 unspecified atom stereocenters. The highest BCUT2D eigenvalue weighted by molar-refractivity contribution is 9.10. The Kier molecular flexibility index (Phi) is 4.97. The molecule has 21 heavy (non-hydrogen) atoms. The lowest BCUT2D eigenvalue weighted by atomic mass is 10.1. The third kappa shape index (κ3) is 4.80. The van der Waals surface area contributed by atoms with Gasteiger partial charge in [-0.25, -0.2) is 13.6 Å². The zero-order chi connectivity index (χ0) is 15.5. The molecule has 0 bridgehead atoms. The van der Waals surface area contributed by atoms with Crippen molar-refractivity contribution in [2.45, 2.75) is 6.42 Å². The van der Waals surface area contributed by atoms with Gasteiger partial charge in [0, 0.05) is 16.6 Å². The maximum atomic E-state index is 12.0. The molecule has 0 spiro atoms. The molecule has 0 atom stereocenters. The van der Waals surface area contributed by atoms with Crippen LogP contribution in [0.1, 0.15) is 16.8 Å². The molecule has 0 fully saturated rings. The SMILES string of the molecule is NS(=O)(=O)CCCNC(=O)c1ccc2cc(Br)ccc2c1. The number of nitrogens with one attached hydrogen (secondary N) is 1. The molecule has 2 aromatic carbocycles. The van der Waals surface area contributed by atoms with Gasteiger partial charge in [-0.1, -0.05) is 28.1 Å². The molecule has 0 radical (unpaired) electrons. The smallest absolute Gasteiger partial charge is 0.251 e. The minimum absolute atomic E-state index is 0.140. The number of rotatable bonds is 5. The number of primary sulfonamides is 1. The van der Waals surface area contributed by atoms with E-state index in [-0.39, 0.29) is 18.2 Å². The van der Waals surface area contributed by atoms with Crippen LogP contribution in [0.3, 0.4) is 0 Å². The largest absolute Gasteiger partial charge is 0.352 e. The number of hydrogen-bond donors (Lipinski definition) is 2. The Bertz CT molecular complexity index is 775. The fraction of sp³-hybridized carbons (Fsp3) is 0.214. The van der Waals surface area contributed by atoms with Crippen LogP contribution in [0.2, 0.25) is 0 Å².